The van der Waals surface area contributed by atoms with Crippen molar-refractivity contribution in [2.45, 2.75) is 223 Å². The summed E-state index contributed by atoms with van der Waals surface area (Å²) in [5.74, 6) is -1.04. The first-order chi connectivity index (χ1) is 35.0. The lowest BCUT2D eigenvalue weighted by Gasteiger charge is -2.42. The molecule has 410 valence electrons. The lowest BCUT2D eigenvalue weighted by atomic mass is 9.98. The maximum Gasteiger partial charge on any atom is 0.306 e. The Kier molecular flexibility index (Phi) is 38.3. The Morgan fingerprint density at radius 2 is 0.847 bits per heavy atom. The molecule has 0 aromatic carbocycles. The van der Waals surface area contributed by atoms with Gasteiger partial charge in [0.25, 0.3) is 0 Å². The van der Waals surface area contributed by atoms with Gasteiger partial charge in [0, 0.05) is 12.8 Å². The summed E-state index contributed by atoms with van der Waals surface area (Å²) in [7, 11) is 0. The van der Waals surface area contributed by atoms with Gasteiger partial charge < -0.3 is 64.2 Å². The zero-order chi connectivity index (χ0) is 52.4. The molecular formula is C57H92O15. The minimum Gasteiger partial charge on any atom is -0.462 e. The number of hydrogen-bond donors (Lipinski definition) is 7. The molecule has 2 saturated heterocycles. The van der Waals surface area contributed by atoms with Gasteiger partial charge in [0.2, 0.25) is 0 Å². The molecule has 0 aromatic heterocycles. The third kappa shape index (κ3) is 30.0. The van der Waals surface area contributed by atoms with Crippen molar-refractivity contribution >= 4 is 11.9 Å². The fraction of sp³-hybridized carbons (Fsp3) is 0.684. The van der Waals surface area contributed by atoms with E-state index in [-0.39, 0.29) is 19.4 Å². The van der Waals surface area contributed by atoms with Crippen LogP contribution in [-0.4, -0.2) is 142 Å². The van der Waals surface area contributed by atoms with Crippen molar-refractivity contribution in [1.82, 2.24) is 0 Å². The van der Waals surface area contributed by atoms with E-state index in [1.807, 2.05) is 12.2 Å². The molecule has 11 atom stereocenters. The lowest BCUT2D eigenvalue weighted by Crippen LogP contribution is -2.61. The molecule has 0 bridgehead atoms. The Morgan fingerprint density at radius 1 is 0.444 bits per heavy atom. The molecule has 0 amide bonds. The van der Waals surface area contributed by atoms with E-state index in [9.17, 15) is 45.3 Å². The second-order valence-electron chi connectivity index (χ2n) is 18.3. The van der Waals surface area contributed by atoms with Crippen molar-refractivity contribution < 1.29 is 73.8 Å². The number of rotatable bonds is 40. The van der Waals surface area contributed by atoms with Gasteiger partial charge in [-0.15, -0.1) is 0 Å². The van der Waals surface area contributed by atoms with Crippen LogP contribution in [0.4, 0.5) is 0 Å². The second kappa shape index (κ2) is 42.7. The Hall–Kier alpha value is -3.58. The maximum atomic E-state index is 13.0. The van der Waals surface area contributed by atoms with Crippen LogP contribution in [0.25, 0.3) is 0 Å². The fourth-order valence-corrected chi connectivity index (χ4v) is 7.60. The first-order valence-electron chi connectivity index (χ1n) is 26.8. The Morgan fingerprint density at radius 3 is 1.32 bits per heavy atom. The molecular weight excluding hydrogens is 925 g/mol. The highest BCUT2D eigenvalue weighted by Gasteiger charge is 2.47. The number of hydrogen-bond acceptors (Lipinski definition) is 15. The molecule has 72 heavy (non-hydrogen) atoms. The number of ether oxygens (including phenoxy) is 6. The zero-order valence-corrected chi connectivity index (χ0v) is 43.4. The molecule has 4 unspecified atom stereocenters. The SMILES string of the molecule is CCCCC/C=C/C/C=C/C/C=C/C/C=C/CCCCCC(=O)O[C@H](COC(=O)CCC/C=C/C/C=C/C/C=C/C/C=C/CCCCC)CO[C@H]1O[C@@H](CO[C@H]2O[C@@H](CO)[C@@H](O)C(O)C2O)[C@@H](O)C(O)C1O. The standard InChI is InChI=1S/C57H92O15/c1-3-5-7-9-11-13-15-17-19-21-22-24-26-28-30-32-34-36-38-40-49(60)70-45(42-67-48(59)39-37-35-33-31-29-27-25-23-20-18-16-14-12-10-8-6-4-2)43-68-56-55(66)53(64)51(62)47(72-56)44-69-57-54(65)52(63)50(61)46(41-58)71-57/h11-14,17-20,22,24-25,27-28,30-31,33,45-47,50-58,61-66H,3-10,15-16,21,23,26,29,32,34-44H2,1-2H3/b13-11+,14-12+,19-17+,20-18+,24-22+,27-25+,30-28+,33-31+/t45-,46+,47+,50-,51-,52?,53?,54?,55?,56+,57+/m1/s1. The molecule has 0 saturated carbocycles. The topological polar surface area (TPSA) is 231 Å². The van der Waals surface area contributed by atoms with Crippen molar-refractivity contribution in [1.29, 1.82) is 0 Å². The molecule has 7 N–H and O–H groups in total. The van der Waals surface area contributed by atoms with Crippen LogP contribution in [0.15, 0.2) is 97.2 Å². The predicted molar refractivity (Wildman–Crippen MR) is 279 cm³/mol. The van der Waals surface area contributed by atoms with Crippen molar-refractivity contribution in [3.8, 4) is 0 Å². The Bertz CT molecular complexity index is 1620. The molecule has 2 rings (SSSR count). The molecule has 0 aliphatic carbocycles. The van der Waals surface area contributed by atoms with E-state index in [0.717, 1.165) is 70.6 Å². The molecule has 0 aromatic rings. The third-order valence-electron chi connectivity index (χ3n) is 12.0. The summed E-state index contributed by atoms with van der Waals surface area (Å²) in [6.07, 6.45) is 37.2. The third-order valence-corrected chi connectivity index (χ3v) is 12.0. The van der Waals surface area contributed by atoms with Gasteiger partial charge in [-0.3, -0.25) is 9.59 Å². The quantitative estimate of drug-likeness (QED) is 0.0174. The van der Waals surface area contributed by atoms with Crippen LogP contribution in [0.1, 0.15) is 155 Å². The van der Waals surface area contributed by atoms with Crippen LogP contribution in [0.2, 0.25) is 0 Å². The second-order valence-corrected chi connectivity index (χ2v) is 18.3. The Balaban J connectivity index is 1.84. The molecule has 0 spiro atoms. The molecule has 2 aliphatic rings. The molecule has 2 heterocycles. The highest BCUT2D eigenvalue weighted by atomic mass is 16.7. The highest BCUT2D eigenvalue weighted by Crippen LogP contribution is 2.26. The minimum atomic E-state index is -1.79. The van der Waals surface area contributed by atoms with Crippen molar-refractivity contribution in [2.75, 3.05) is 26.4 Å². The number of unbranched alkanes of at least 4 members (excludes halogenated alkanes) is 10. The molecule has 2 fully saturated rings. The van der Waals surface area contributed by atoms with Crippen LogP contribution in [0.5, 0.6) is 0 Å². The molecule has 15 heteroatoms. The van der Waals surface area contributed by atoms with Crippen LogP contribution >= 0.6 is 0 Å². The number of esters is 2. The van der Waals surface area contributed by atoms with Crippen LogP contribution in [-0.2, 0) is 38.0 Å². The number of allylic oxidation sites excluding steroid dienone is 16. The van der Waals surface area contributed by atoms with Crippen LogP contribution < -0.4 is 0 Å². The van der Waals surface area contributed by atoms with Crippen molar-refractivity contribution in [2.24, 2.45) is 0 Å². The van der Waals surface area contributed by atoms with Crippen LogP contribution in [0, 0.1) is 0 Å². The summed E-state index contributed by atoms with van der Waals surface area (Å²) >= 11 is 0. The number of carbonyl (C=O) groups is 2. The minimum absolute atomic E-state index is 0.110. The Labute approximate surface area is 430 Å². The predicted octanol–water partition coefficient (Wildman–Crippen LogP) is 8.15. The average Bonchev–Trinajstić information content (AvgIpc) is 3.37. The van der Waals surface area contributed by atoms with Gasteiger partial charge >= 0.3 is 11.9 Å². The van der Waals surface area contributed by atoms with E-state index in [1.165, 1.54) is 38.5 Å². The summed E-state index contributed by atoms with van der Waals surface area (Å²) in [5, 5.41) is 72.2. The van der Waals surface area contributed by atoms with Crippen LogP contribution in [0.3, 0.4) is 0 Å². The van der Waals surface area contributed by atoms with E-state index in [0.29, 0.717) is 19.3 Å². The van der Waals surface area contributed by atoms with Crippen molar-refractivity contribution in [3.05, 3.63) is 97.2 Å². The number of carbonyl (C=O) groups excluding carboxylic acids is 2. The normalized spacial score (nSPS) is 25.8. The van der Waals surface area contributed by atoms with Gasteiger partial charge in [0.15, 0.2) is 18.7 Å². The molecule has 0 radical (unpaired) electrons. The van der Waals surface area contributed by atoms with E-state index < -0.39 is 99.3 Å². The summed E-state index contributed by atoms with van der Waals surface area (Å²) in [6.45, 7) is 2.42. The monoisotopic (exact) mass is 1020 g/mol. The average molecular weight is 1020 g/mol. The molecule has 2 aliphatic heterocycles. The largest absolute Gasteiger partial charge is 0.462 e. The lowest BCUT2D eigenvalue weighted by molar-refractivity contribution is -0.332. The summed E-state index contributed by atoms with van der Waals surface area (Å²) in [6, 6.07) is 0. The zero-order valence-electron chi connectivity index (χ0n) is 43.4. The van der Waals surface area contributed by atoms with Gasteiger partial charge in [-0.1, -0.05) is 143 Å². The first-order valence-corrected chi connectivity index (χ1v) is 26.8. The smallest absolute Gasteiger partial charge is 0.306 e. The van der Waals surface area contributed by atoms with E-state index >= 15 is 0 Å². The summed E-state index contributed by atoms with van der Waals surface area (Å²) in [4.78, 5) is 25.8. The highest BCUT2D eigenvalue weighted by molar-refractivity contribution is 5.70. The van der Waals surface area contributed by atoms with Gasteiger partial charge in [0.1, 0.15) is 55.4 Å². The van der Waals surface area contributed by atoms with Gasteiger partial charge in [-0.05, 0) is 96.3 Å². The van der Waals surface area contributed by atoms with Crippen molar-refractivity contribution in [3.63, 3.8) is 0 Å². The van der Waals surface area contributed by atoms with Gasteiger partial charge in [-0.2, -0.15) is 0 Å². The van der Waals surface area contributed by atoms with E-state index in [1.54, 1.807) is 0 Å². The summed E-state index contributed by atoms with van der Waals surface area (Å²) < 4.78 is 33.5. The number of aliphatic hydroxyl groups is 7. The summed E-state index contributed by atoms with van der Waals surface area (Å²) in [5.41, 5.74) is 0. The maximum absolute atomic E-state index is 13.0. The van der Waals surface area contributed by atoms with Gasteiger partial charge in [0.05, 0.1) is 19.8 Å². The fourth-order valence-electron chi connectivity index (χ4n) is 7.60. The molecule has 15 nitrogen and oxygen atoms in total. The van der Waals surface area contributed by atoms with E-state index in [4.69, 9.17) is 28.4 Å². The van der Waals surface area contributed by atoms with Gasteiger partial charge in [-0.25, -0.2) is 0 Å². The number of aliphatic hydroxyl groups excluding tert-OH is 7. The first kappa shape index (κ1) is 64.5. The van der Waals surface area contributed by atoms with E-state index in [2.05, 4.69) is 98.9 Å².